The van der Waals surface area contributed by atoms with Crippen LogP contribution in [0.15, 0.2) is 0 Å². The highest BCUT2D eigenvalue weighted by molar-refractivity contribution is 7.79. The van der Waals surface area contributed by atoms with E-state index in [1.165, 1.54) is 0 Å². The van der Waals surface area contributed by atoms with E-state index in [1.54, 1.807) is 0 Å². The summed E-state index contributed by atoms with van der Waals surface area (Å²) in [5, 5.41) is 8.41. The van der Waals surface area contributed by atoms with Gasteiger partial charge in [-0.05, 0) is 12.8 Å². The summed E-state index contributed by atoms with van der Waals surface area (Å²) in [6.45, 7) is 0. The Hall–Kier alpha value is -0.420. The van der Waals surface area contributed by atoms with Crippen LogP contribution in [0.4, 0.5) is 0 Å². The Kier molecular flexibility index (Phi) is 10.8. The lowest BCUT2D eigenvalue weighted by atomic mass is 10.1. The van der Waals surface area contributed by atoms with E-state index in [0.717, 1.165) is 51.4 Å². The van der Waals surface area contributed by atoms with Crippen molar-refractivity contribution in [2.75, 3.05) is 5.75 Å². The van der Waals surface area contributed by atoms with Gasteiger partial charge in [0.2, 0.25) is 0 Å². The van der Waals surface area contributed by atoms with E-state index in [4.69, 9.17) is 9.66 Å². The summed E-state index contributed by atoms with van der Waals surface area (Å²) in [5.74, 6) is -0.324. The molecule has 0 aromatic rings. The lowest BCUT2D eigenvalue weighted by molar-refractivity contribution is -0.137. The number of carboxylic acids is 1. The molecule has 0 aliphatic heterocycles. The number of hydrogen-bond acceptors (Lipinski definition) is 2. The third-order valence-electron chi connectivity index (χ3n) is 2.46. The van der Waals surface area contributed by atoms with Gasteiger partial charge in [-0.15, -0.1) is 0 Å². The predicted molar refractivity (Wildman–Crippen MR) is 64.8 cm³/mol. The van der Waals surface area contributed by atoms with Gasteiger partial charge in [-0.3, -0.25) is 4.79 Å². The highest BCUT2D eigenvalue weighted by Crippen LogP contribution is 2.09. The van der Waals surface area contributed by atoms with Crippen LogP contribution in [0.3, 0.4) is 0 Å². The third kappa shape index (κ3) is 13.6. The molecule has 0 amide bonds. The van der Waals surface area contributed by atoms with Crippen LogP contribution in [0.1, 0.15) is 57.8 Å². The Balaban J connectivity index is 2.98. The van der Waals surface area contributed by atoms with Crippen LogP contribution in [0, 0.1) is 0 Å². The van der Waals surface area contributed by atoms with E-state index in [9.17, 15) is 9.00 Å². The topological polar surface area (TPSA) is 74.6 Å². The number of unbranched alkanes of at least 4 members (excludes halogenated alkanes) is 7. The first-order chi connectivity index (χ1) is 7.63. The highest BCUT2D eigenvalue weighted by Gasteiger charge is 1.97. The lowest BCUT2D eigenvalue weighted by Gasteiger charge is -2.00. The maximum atomic E-state index is 10.3. The minimum atomic E-state index is -1.64. The first-order valence-electron chi connectivity index (χ1n) is 5.92. The Morgan fingerprint density at radius 2 is 1.31 bits per heavy atom. The Morgan fingerprint density at radius 3 is 1.75 bits per heavy atom. The zero-order valence-corrected chi connectivity index (χ0v) is 10.5. The molecule has 2 N–H and O–H groups in total. The molecule has 4 nitrogen and oxygen atoms in total. The number of aliphatic carboxylic acids is 1. The van der Waals surface area contributed by atoms with Crippen molar-refractivity contribution in [1.29, 1.82) is 0 Å². The predicted octanol–water partition coefficient (Wildman–Crippen LogP) is 2.80. The first kappa shape index (κ1) is 15.6. The van der Waals surface area contributed by atoms with Gasteiger partial charge in [-0.1, -0.05) is 38.5 Å². The summed E-state index contributed by atoms with van der Waals surface area (Å²) in [6, 6.07) is 0. The Morgan fingerprint density at radius 1 is 0.875 bits per heavy atom. The SMILES string of the molecule is O=C(O)CCCCCCCCCCS(=O)O. The van der Waals surface area contributed by atoms with Crippen molar-refractivity contribution in [2.24, 2.45) is 0 Å². The van der Waals surface area contributed by atoms with Gasteiger partial charge in [0.25, 0.3) is 0 Å². The van der Waals surface area contributed by atoms with E-state index < -0.39 is 17.0 Å². The normalized spacial score (nSPS) is 12.6. The lowest BCUT2D eigenvalue weighted by Crippen LogP contribution is -1.94. The van der Waals surface area contributed by atoms with Crippen molar-refractivity contribution in [1.82, 2.24) is 0 Å². The summed E-state index contributed by atoms with van der Waals surface area (Å²) in [6.07, 6.45) is 8.37. The zero-order valence-electron chi connectivity index (χ0n) is 9.69. The molecule has 0 saturated heterocycles. The third-order valence-corrected chi connectivity index (χ3v) is 3.10. The number of carbonyl (C=O) groups is 1. The largest absolute Gasteiger partial charge is 0.481 e. The fourth-order valence-electron chi connectivity index (χ4n) is 1.56. The first-order valence-corrected chi connectivity index (χ1v) is 7.20. The monoisotopic (exact) mass is 250 g/mol. The van der Waals surface area contributed by atoms with Crippen molar-refractivity contribution in [3.63, 3.8) is 0 Å². The van der Waals surface area contributed by atoms with Crippen molar-refractivity contribution in [2.45, 2.75) is 57.8 Å². The van der Waals surface area contributed by atoms with Crippen molar-refractivity contribution < 1.29 is 18.7 Å². The molecule has 0 spiro atoms. The van der Waals surface area contributed by atoms with E-state index in [1.807, 2.05) is 0 Å². The smallest absolute Gasteiger partial charge is 0.303 e. The molecule has 96 valence electrons. The van der Waals surface area contributed by atoms with E-state index in [-0.39, 0.29) is 6.42 Å². The van der Waals surface area contributed by atoms with Crippen LogP contribution in [0.5, 0.6) is 0 Å². The zero-order chi connectivity index (χ0) is 12.2. The summed E-state index contributed by atoms with van der Waals surface area (Å²) in [4.78, 5) is 10.2. The van der Waals surface area contributed by atoms with Crippen molar-refractivity contribution >= 4 is 17.0 Å². The fourth-order valence-corrected chi connectivity index (χ4v) is 2.01. The van der Waals surface area contributed by atoms with Gasteiger partial charge in [-0.25, -0.2) is 4.21 Å². The van der Waals surface area contributed by atoms with Crippen LogP contribution in [0.25, 0.3) is 0 Å². The number of carboxylic acid groups (broad SMARTS) is 1. The van der Waals surface area contributed by atoms with Gasteiger partial charge < -0.3 is 9.66 Å². The molecule has 0 radical (unpaired) electrons. The van der Waals surface area contributed by atoms with Gasteiger partial charge in [0.15, 0.2) is 11.1 Å². The van der Waals surface area contributed by atoms with E-state index in [2.05, 4.69) is 0 Å². The summed E-state index contributed by atoms with van der Waals surface area (Å²) in [5.41, 5.74) is 0. The molecule has 16 heavy (non-hydrogen) atoms. The van der Waals surface area contributed by atoms with Crippen LogP contribution < -0.4 is 0 Å². The molecule has 5 heteroatoms. The number of hydrogen-bond donors (Lipinski definition) is 2. The van der Waals surface area contributed by atoms with Crippen LogP contribution in [-0.2, 0) is 15.9 Å². The average molecular weight is 250 g/mol. The quantitative estimate of drug-likeness (QED) is 0.437. The molecule has 0 aromatic carbocycles. The molecule has 0 heterocycles. The highest BCUT2D eigenvalue weighted by atomic mass is 32.2. The molecule has 0 saturated carbocycles. The van der Waals surface area contributed by atoms with Crippen LogP contribution in [0.2, 0.25) is 0 Å². The molecule has 0 fully saturated rings. The molecular formula is C11H22O4S. The standard InChI is InChI=1S/C11H22O4S/c12-11(13)9-7-5-3-1-2-4-6-8-10-16(14)15/h1-10H2,(H,12,13)(H,14,15). The summed E-state index contributed by atoms with van der Waals surface area (Å²) in [7, 11) is 0. The maximum Gasteiger partial charge on any atom is 0.303 e. The molecule has 0 bridgehead atoms. The van der Waals surface area contributed by atoms with Gasteiger partial charge in [0, 0.05) is 12.2 Å². The van der Waals surface area contributed by atoms with E-state index >= 15 is 0 Å². The second-order valence-electron chi connectivity index (χ2n) is 4.00. The van der Waals surface area contributed by atoms with Gasteiger partial charge in [-0.2, -0.15) is 0 Å². The molecule has 0 aliphatic carbocycles. The molecule has 0 aromatic heterocycles. The Labute approximate surface area is 99.7 Å². The molecule has 0 aliphatic rings. The molecule has 1 atom stereocenters. The number of rotatable bonds is 11. The van der Waals surface area contributed by atoms with E-state index in [0.29, 0.717) is 5.75 Å². The molecule has 1 unspecified atom stereocenters. The molecular weight excluding hydrogens is 228 g/mol. The summed E-state index contributed by atoms with van der Waals surface area (Å²) >= 11 is -1.64. The van der Waals surface area contributed by atoms with Crippen molar-refractivity contribution in [3.05, 3.63) is 0 Å². The Bertz CT molecular complexity index is 184. The van der Waals surface area contributed by atoms with Gasteiger partial charge >= 0.3 is 5.97 Å². The van der Waals surface area contributed by atoms with Crippen LogP contribution in [-0.4, -0.2) is 25.6 Å². The second kappa shape index (κ2) is 11.1. The second-order valence-corrected chi connectivity index (χ2v) is 5.05. The van der Waals surface area contributed by atoms with Gasteiger partial charge in [0.1, 0.15) is 0 Å². The minimum Gasteiger partial charge on any atom is -0.481 e. The maximum absolute atomic E-state index is 10.3. The minimum absolute atomic E-state index is 0.280. The van der Waals surface area contributed by atoms with Gasteiger partial charge in [0.05, 0.1) is 0 Å². The van der Waals surface area contributed by atoms with Crippen molar-refractivity contribution in [3.8, 4) is 0 Å². The fraction of sp³-hybridized carbons (Fsp3) is 0.909. The summed E-state index contributed by atoms with van der Waals surface area (Å²) < 4.78 is 18.8. The van der Waals surface area contributed by atoms with Crippen LogP contribution >= 0.6 is 0 Å². The molecule has 0 rings (SSSR count). The average Bonchev–Trinajstić information content (AvgIpc) is 2.20.